The number of nitrogens with zero attached hydrogens (tertiary/aromatic N) is 2. The van der Waals surface area contributed by atoms with E-state index in [0.29, 0.717) is 0 Å². The molecule has 0 radical (unpaired) electrons. The number of pyridine rings is 1. The van der Waals surface area contributed by atoms with Crippen molar-refractivity contribution in [2.45, 2.75) is 19.6 Å². The van der Waals surface area contributed by atoms with Crippen LogP contribution in [-0.2, 0) is 19.6 Å². The van der Waals surface area contributed by atoms with Crippen molar-refractivity contribution in [1.29, 1.82) is 0 Å². The van der Waals surface area contributed by atoms with Crippen LogP contribution in [-0.4, -0.2) is 9.88 Å². The maximum atomic E-state index is 6.06. The van der Waals surface area contributed by atoms with Gasteiger partial charge in [0, 0.05) is 30.7 Å². The number of rotatable bonds is 2. The summed E-state index contributed by atoms with van der Waals surface area (Å²) in [5, 5.41) is 1.19. The lowest BCUT2D eigenvalue weighted by Gasteiger charge is -2.14. The molecule has 1 aliphatic rings. The number of hydrogen-bond donors (Lipinski definition) is 1. The van der Waals surface area contributed by atoms with Crippen LogP contribution in [0.5, 0.6) is 0 Å². The zero-order valence-corrected chi connectivity index (χ0v) is 11.8. The van der Waals surface area contributed by atoms with Crippen LogP contribution in [0.25, 0.3) is 10.9 Å². The van der Waals surface area contributed by atoms with Gasteiger partial charge in [-0.2, -0.15) is 0 Å². The largest absolute Gasteiger partial charge is 0.398 e. The van der Waals surface area contributed by atoms with E-state index < -0.39 is 0 Å². The van der Waals surface area contributed by atoms with E-state index in [1.54, 1.807) is 0 Å². The zero-order chi connectivity index (χ0) is 14.2. The van der Waals surface area contributed by atoms with Crippen molar-refractivity contribution in [3.05, 3.63) is 71.4 Å². The molecule has 3 aromatic rings. The molecule has 1 aromatic heterocycles. The van der Waals surface area contributed by atoms with Gasteiger partial charge in [0.25, 0.3) is 0 Å². The number of aromatic nitrogens is 1. The van der Waals surface area contributed by atoms with Crippen LogP contribution >= 0.6 is 0 Å². The summed E-state index contributed by atoms with van der Waals surface area (Å²) in [4.78, 5) is 7.14. The molecule has 3 heteroatoms. The molecule has 0 atom stereocenters. The predicted molar refractivity (Wildman–Crippen MR) is 85.5 cm³/mol. The Labute approximate surface area is 124 Å². The van der Waals surface area contributed by atoms with Crippen LogP contribution in [0.15, 0.2) is 54.6 Å². The molecule has 0 aliphatic carbocycles. The molecule has 104 valence electrons. The lowest BCUT2D eigenvalue weighted by atomic mass is 10.1. The fourth-order valence-electron chi connectivity index (χ4n) is 3.05. The average molecular weight is 275 g/mol. The Morgan fingerprint density at radius 2 is 1.86 bits per heavy atom. The smallest absolute Gasteiger partial charge is 0.0705 e. The highest BCUT2D eigenvalue weighted by Crippen LogP contribution is 2.28. The van der Waals surface area contributed by atoms with Crippen molar-refractivity contribution in [1.82, 2.24) is 9.88 Å². The van der Waals surface area contributed by atoms with E-state index in [4.69, 9.17) is 10.7 Å². The van der Waals surface area contributed by atoms with Gasteiger partial charge in [-0.05, 0) is 29.3 Å². The molecule has 0 unspecified atom stereocenters. The summed E-state index contributed by atoms with van der Waals surface area (Å²) in [6.07, 6.45) is 0. The SMILES string of the molecule is Nc1cccc2c1CN(Cc1ccc3ccccc3n1)C2. The molecule has 1 aliphatic heterocycles. The molecular formula is C18H17N3. The third kappa shape index (κ3) is 2.26. The minimum absolute atomic E-state index is 0.860. The number of nitrogens with two attached hydrogens (primary N) is 1. The van der Waals surface area contributed by atoms with Gasteiger partial charge < -0.3 is 5.73 Å². The van der Waals surface area contributed by atoms with Gasteiger partial charge in [0.15, 0.2) is 0 Å². The Morgan fingerprint density at radius 3 is 2.76 bits per heavy atom. The van der Waals surface area contributed by atoms with E-state index in [9.17, 15) is 0 Å². The highest BCUT2D eigenvalue weighted by molar-refractivity contribution is 5.78. The fourth-order valence-corrected chi connectivity index (χ4v) is 3.05. The van der Waals surface area contributed by atoms with Crippen molar-refractivity contribution >= 4 is 16.6 Å². The van der Waals surface area contributed by atoms with Crippen LogP contribution in [0.4, 0.5) is 5.69 Å². The number of anilines is 1. The number of nitrogen functional groups attached to an aromatic ring is 1. The topological polar surface area (TPSA) is 42.1 Å². The summed E-state index contributed by atoms with van der Waals surface area (Å²) in [5.41, 5.74) is 11.8. The molecule has 0 bridgehead atoms. The van der Waals surface area contributed by atoms with E-state index in [2.05, 4.69) is 35.2 Å². The summed E-state index contributed by atoms with van der Waals surface area (Å²) in [5.74, 6) is 0. The first-order chi connectivity index (χ1) is 10.3. The van der Waals surface area contributed by atoms with Gasteiger partial charge in [0.2, 0.25) is 0 Å². The summed E-state index contributed by atoms with van der Waals surface area (Å²) in [6.45, 7) is 2.73. The monoisotopic (exact) mass is 275 g/mol. The second-order valence-electron chi connectivity index (χ2n) is 5.63. The van der Waals surface area contributed by atoms with Gasteiger partial charge in [0.05, 0.1) is 11.2 Å². The summed E-state index contributed by atoms with van der Waals surface area (Å²) >= 11 is 0. The van der Waals surface area contributed by atoms with Crippen LogP contribution in [0.1, 0.15) is 16.8 Å². The Bertz CT molecular complexity index is 810. The van der Waals surface area contributed by atoms with E-state index in [1.165, 1.54) is 16.5 Å². The molecule has 2 heterocycles. The molecule has 4 rings (SSSR count). The van der Waals surface area contributed by atoms with Gasteiger partial charge in [-0.25, -0.2) is 0 Å². The highest BCUT2D eigenvalue weighted by atomic mass is 15.1. The summed E-state index contributed by atoms with van der Waals surface area (Å²) in [6, 6.07) is 18.7. The van der Waals surface area contributed by atoms with Gasteiger partial charge in [-0.1, -0.05) is 36.4 Å². The zero-order valence-electron chi connectivity index (χ0n) is 11.8. The first kappa shape index (κ1) is 12.4. The molecule has 2 N–H and O–H groups in total. The minimum Gasteiger partial charge on any atom is -0.398 e. The maximum Gasteiger partial charge on any atom is 0.0705 e. The van der Waals surface area contributed by atoms with Gasteiger partial charge in [-0.3, -0.25) is 9.88 Å². The summed E-state index contributed by atoms with van der Waals surface area (Å²) in [7, 11) is 0. The van der Waals surface area contributed by atoms with Crippen molar-refractivity contribution in [2.24, 2.45) is 0 Å². The van der Waals surface area contributed by atoms with E-state index in [1.807, 2.05) is 24.3 Å². The first-order valence-corrected chi connectivity index (χ1v) is 7.23. The molecule has 0 saturated carbocycles. The normalized spacial score (nSPS) is 14.5. The molecule has 3 nitrogen and oxygen atoms in total. The predicted octanol–water partition coefficient (Wildman–Crippen LogP) is 3.33. The van der Waals surface area contributed by atoms with Crippen molar-refractivity contribution in [3.8, 4) is 0 Å². The number of fused-ring (bicyclic) bond motifs is 2. The second kappa shape index (κ2) is 4.86. The lowest BCUT2D eigenvalue weighted by molar-refractivity contribution is 0.272. The van der Waals surface area contributed by atoms with Crippen molar-refractivity contribution in [2.75, 3.05) is 5.73 Å². The van der Waals surface area contributed by atoms with E-state index >= 15 is 0 Å². The molecule has 0 amide bonds. The van der Waals surface area contributed by atoms with Crippen LogP contribution < -0.4 is 5.73 Å². The van der Waals surface area contributed by atoms with Crippen LogP contribution in [0, 0.1) is 0 Å². The highest BCUT2D eigenvalue weighted by Gasteiger charge is 2.20. The third-order valence-corrected chi connectivity index (χ3v) is 4.13. The number of para-hydroxylation sites is 1. The Hall–Kier alpha value is -2.39. The van der Waals surface area contributed by atoms with Crippen LogP contribution in [0.2, 0.25) is 0 Å². The molecular weight excluding hydrogens is 258 g/mol. The molecule has 2 aromatic carbocycles. The van der Waals surface area contributed by atoms with E-state index in [-0.39, 0.29) is 0 Å². The van der Waals surface area contributed by atoms with E-state index in [0.717, 1.165) is 36.5 Å². The number of benzene rings is 2. The molecule has 0 fully saturated rings. The Morgan fingerprint density at radius 1 is 0.952 bits per heavy atom. The fraction of sp³-hybridized carbons (Fsp3) is 0.167. The Kier molecular flexibility index (Phi) is 2.86. The van der Waals surface area contributed by atoms with Crippen LogP contribution in [0.3, 0.4) is 0 Å². The summed E-state index contributed by atoms with van der Waals surface area (Å²) < 4.78 is 0. The minimum atomic E-state index is 0.860. The van der Waals surface area contributed by atoms with Gasteiger partial charge in [-0.15, -0.1) is 0 Å². The maximum absolute atomic E-state index is 6.06. The standard InChI is InChI=1S/C18H17N3/c19-17-6-3-5-14-10-21(12-16(14)17)11-15-9-8-13-4-1-2-7-18(13)20-15/h1-9H,10-12,19H2. The molecule has 0 spiro atoms. The quantitative estimate of drug-likeness (QED) is 0.729. The average Bonchev–Trinajstić information content (AvgIpc) is 2.91. The Balaban J connectivity index is 1.58. The molecule has 21 heavy (non-hydrogen) atoms. The first-order valence-electron chi connectivity index (χ1n) is 7.23. The van der Waals surface area contributed by atoms with Gasteiger partial charge in [0.1, 0.15) is 0 Å². The lowest BCUT2D eigenvalue weighted by Crippen LogP contribution is -2.16. The number of hydrogen-bond acceptors (Lipinski definition) is 3. The van der Waals surface area contributed by atoms with Crippen molar-refractivity contribution < 1.29 is 0 Å². The second-order valence-corrected chi connectivity index (χ2v) is 5.63. The third-order valence-electron chi connectivity index (χ3n) is 4.13. The van der Waals surface area contributed by atoms with Gasteiger partial charge >= 0.3 is 0 Å². The molecule has 0 saturated heterocycles. The van der Waals surface area contributed by atoms with Crippen molar-refractivity contribution in [3.63, 3.8) is 0 Å².